The summed E-state index contributed by atoms with van der Waals surface area (Å²) in [5.41, 5.74) is 4.96. The van der Waals surface area contributed by atoms with Crippen LogP contribution in [0.3, 0.4) is 0 Å². The van der Waals surface area contributed by atoms with Crippen LogP contribution in [0.4, 0.5) is 0 Å². The first-order valence-corrected chi connectivity index (χ1v) is 9.83. The molecule has 0 unspecified atom stereocenters. The van der Waals surface area contributed by atoms with Crippen LogP contribution in [-0.2, 0) is 6.42 Å². The average Bonchev–Trinajstić information content (AvgIpc) is 2.78. The quantitative estimate of drug-likeness (QED) is 0.460. The molecule has 136 valence electrons. The molecule has 3 nitrogen and oxygen atoms in total. The second-order valence-electron chi connectivity index (χ2n) is 7.51. The first kappa shape index (κ1) is 15.8. The van der Waals surface area contributed by atoms with Gasteiger partial charge in [0.1, 0.15) is 5.75 Å². The molecule has 1 aromatic heterocycles. The number of rotatable bonds is 1. The lowest BCUT2D eigenvalue weighted by atomic mass is 9.88. The topological polar surface area (TPSA) is 25.4 Å². The average molecular weight is 364 g/mol. The lowest BCUT2D eigenvalue weighted by Crippen LogP contribution is -2.44. The molecule has 0 amide bonds. The van der Waals surface area contributed by atoms with Crippen LogP contribution in [0.2, 0.25) is 0 Å². The molecule has 0 bridgehead atoms. The Kier molecular flexibility index (Phi) is 3.50. The summed E-state index contributed by atoms with van der Waals surface area (Å²) >= 11 is 0. The fraction of sp³-hybridized carbons (Fsp3) is 0.160. The molecule has 2 aliphatic heterocycles. The number of nitrogens with zero attached hydrogens (tertiary/aromatic N) is 2. The Morgan fingerprint density at radius 3 is 2.64 bits per heavy atom. The van der Waals surface area contributed by atoms with Gasteiger partial charge < -0.3 is 4.74 Å². The van der Waals surface area contributed by atoms with Crippen molar-refractivity contribution in [2.24, 2.45) is 0 Å². The van der Waals surface area contributed by atoms with E-state index in [9.17, 15) is 0 Å². The highest BCUT2D eigenvalue weighted by atomic mass is 16.5. The minimum Gasteiger partial charge on any atom is -0.470 e. The third kappa shape index (κ3) is 2.30. The Balaban J connectivity index is 1.62. The molecule has 0 fully saturated rings. The molecule has 4 aromatic rings. The Morgan fingerprint density at radius 1 is 0.857 bits per heavy atom. The van der Waals surface area contributed by atoms with Gasteiger partial charge in [0.25, 0.3) is 0 Å². The van der Waals surface area contributed by atoms with Crippen LogP contribution < -0.4 is 4.74 Å². The first-order valence-electron chi connectivity index (χ1n) is 9.83. The molecule has 3 heterocycles. The van der Waals surface area contributed by atoms with Crippen molar-refractivity contribution in [2.45, 2.75) is 18.7 Å². The number of fused-ring (bicyclic) bond motifs is 6. The second kappa shape index (κ2) is 6.18. The van der Waals surface area contributed by atoms with Crippen molar-refractivity contribution in [3.63, 3.8) is 0 Å². The van der Waals surface area contributed by atoms with E-state index < -0.39 is 0 Å². The van der Waals surface area contributed by atoms with E-state index in [1.807, 2.05) is 12.3 Å². The summed E-state index contributed by atoms with van der Waals surface area (Å²) in [6, 6.07) is 27.8. The third-order valence-corrected chi connectivity index (χ3v) is 6.00. The molecule has 0 aliphatic carbocycles. The number of aromatic nitrogens is 1. The Bertz CT molecular complexity index is 1170. The van der Waals surface area contributed by atoms with Crippen molar-refractivity contribution in [1.82, 2.24) is 9.88 Å². The highest BCUT2D eigenvalue weighted by Gasteiger charge is 2.41. The molecular weight excluding hydrogens is 344 g/mol. The monoisotopic (exact) mass is 364 g/mol. The minimum atomic E-state index is -0.0781. The van der Waals surface area contributed by atoms with Crippen molar-refractivity contribution in [3.05, 3.63) is 107 Å². The highest BCUT2D eigenvalue weighted by Crippen LogP contribution is 2.49. The standard InChI is InChI=1S/C25H20N2O/c1-3-9-19-17(7-1)12-13-22-23(19)24(21-11-5-6-15-26-21)27-16-14-18-8-2-4-10-20(18)25(27)28-22/h1-13,15,24-25H,14,16H2/t24-,25+/m1/s1. The molecular formula is C25H20N2O. The number of ether oxygens (including phenoxy) is 1. The summed E-state index contributed by atoms with van der Waals surface area (Å²) in [7, 11) is 0. The van der Waals surface area contributed by atoms with Crippen molar-refractivity contribution in [2.75, 3.05) is 6.54 Å². The lowest BCUT2D eigenvalue weighted by Gasteiger charge is -2.46. The van der Waals surface area contributed by atoms with Crippen LogP contribution in [0.15, 0.2) is 85.1 Å². The van der Waals surface area contributed by atoms with Crippen molar-refractivity contribution < 1.29 is 4.74 Å². The molecule has 6 rings (SSSR count). The Labute approximate surface area is 164 Å². The fourth-order valence-electron chi connectivity index (χ4n) is 4.75. The zero-order valence-corrected chi connectivity index (χ0v) is 15.5. The number of benzene rings is 3. The number of pyridine rings is 1. The molecule has 0 spiro atoms. The Morgan fingerprint density at radius 2 is 1.71 bits per heavy atom. The molecule has 0 radical (unpaired) electrons. The summed E-state index contributed by atoms with van der Waals surface area (Å²) in [5, 5.41) is 2.48. The van der Waals surface area contributed by atoms with Gasteiger partial charge >= 0.3 is 0 Å². The van der Waals surface area contributed by atoms with E-state index in [0.29, 0.717) is 0 Å². The van der Waals surface area contributed by atoms with Gasteiger partial charge in [-0.3, -0.25) is 9.88 Å². The van der Waals surface area contributed by atoms with Crippen molar-refractivity contribution in [1.29, 1.82) is 0 Å². The molecule has 2 atom stereocenters. The van der Waals surface area contributed by atoms with Gasteiger partial charge in [-0.1, -0.05) is 60.7 Å². The zero-order valence-electron chi connectivity index (χ0n) is 15.5. The van der Waals surface area contributed by atoms with Crippen LogP contribution in [0, 0.1) is 0 Å². The first-order chi connectivity index (χ1) is 13.9. The maximum absolute atomic E-state index is 6.62. The smallest absolute Gasteiger partial charge is 0.180 e. The number of hydrogen-bond donors (Lipinski definition) is 0. The predicted octanol–water partition coefficient (Wildman–Crippen LogP) is 5.27. The van der Waals surface area contributed by atoms with Crippen LogP contribution in [0.5, 0.6) is 5.75 Å². The highest BCUT2D eigenvalue weighted by molar-refractivity contribution is 5.89. The lowest BCUT2D eigenvalue weighted by molar-refractivity contribution is -0.0270. The second-order valence-corrected chi connectivity index (χ2v) is 7.51. The summed E-state index contributed by atoms with van der Waals surface area (Å²) in [5.74, 6) is 0.965. The van der Waals surface area contributed by atoms with Crippen LogP contribution in [-0.4, -0.2) is 16.4 Å². The van der Waals surface area contributed by atoms with Crippen LogP contribution in [0.1, 0.15) is 34.7 Å². The van der Waals surface area contributed by atoms with E-state index in [1.54, 1.807) is 0 Å². The van der Waals surface area contributed by atoms with E-state index >= 15 is 0 Å². The molecule has 0 saturated heterocycles. The van der Waals surface area contributed by atoms with E-state index in [0.717, 1.165) is 24.4 Å². The molecule has 0 N–H and O–H groups in total. The summed E-state index contributed by atoms with van der Waals surface area (Å²) in [6.07, 6.45) is 2.84. The minimum absolute atomic E-state index is 0.0781. The summed E-state index contributed by atoms with van der Waals surface area (Å²) < 4.78 is 6.62. The van der Waals surface area contributed by atoms with Gasteiger partial charge in [-0.05, 0) is 41.0 Å². The van der Waals surface area contributed by atoms with Gasteiger partial charge in [-0.15, -0.1) is 0 Å². The van der Waals surface area contributed by atoms with E-state index in [1.165, 1.54) is 27.5 Å². The largest absolute Gasteiger partial charge is 0.470 e. The van der Waals surface area contributed by atoms with Crippen LogP contribution in [0.25, 0.3) is 10.8 Å². The van der Waals surface area contributed by atoms with Gasteiger partial charge in [0, 0.05) is 23.9 Å². The fourth-order valence-corrected chi connectivity index (χ4v) is 4.75. The van der Waals surface area contributed by atoms with Gasteiger partial charge in [0.2, 0.25) is 0 Å². The normalized spacial score (nSPS) is 20.7. The SMILES string of the molecule is c1ccc([C@@H]2c3c(ccc4ccccc34)O[C@H]3c4ccccc4CCN23)nc1. The van der Waals surface area contributed by atoms with Crippen molar-refractivity contribution >= 4 is 10.8 Å². The molecule has 2 aliphatic rings. The predicted molar refractivity (Wildman–Crippen MR) is 110 cm³/mol. The van der Waals surface area contributed by atoms with E-state index in [4.69, 9.17) is 9.72 Å². The molecule has 3 heteroatoms. The Hall–Kier alpha value is -3.17. The van der Waals surface area contributed by atoms with Gasteiger partial charge in [0.15, 0.2) is 6.23 Å². The van der Waals surface area contributed by atoms with Crippen molar-refractivity contribution in [3.8, 4) is 5.75 Å². The molecule has 0 saturated carbocycles. The summed E-state index contributed by atoms with van der Waals surface area (Å²) in [6.45, 7) is 0.950. The van der Waals surface area contributed by atoms with Crippen LogP contribution >= 0.6 is 0 Å². The summed E-state index contributed by atoms with van der Waals surface area (Å²) in [4.78, 5) is 7.23. The third-order valence-electron chi connectivity index (χ3n) is 6.00. The maximum atomic E-state index is 6.62. The number of hydrogen-bond acceptors (Lipinski definition) is 3. The maximum Gasteiger partial charge on any atom is 0.180 e. The van der Waals surface area contributed by atoms with Gasteiger partial charge in [-0.25, -0.2) is 0 Å². The van der Waals surface area contributed by atoms with E-state index in [2.05, 4.69) is 77.7 Å². The molecule has 3 aromatic carbocycles. The zero-order chi connectivity index (χ0) is 18.5. The van der Waals surface area contributed by atoms with Gasteiger partial charge in [0.05, 0.1) is 11.7 Å². The molecule has 28 heavy (non-hydrogen) atoms. The van der Waals surface area contributed by atoms with E-state index in [-0.39, 0.29) is 12.3 Å². The van der Waals surface area contributed by atoms with Gasteiger partial charge in [-0.2, -0.15) is 0 Å².